The Morgan fingerprint density at radius 3 is 2.93 bits per heavy atom. The number of nitrogens with zero attached hydrogens (tertiary/aromatic N) is 1. The first kappa shape index (κ1) is 11.9. The van der Waals surface area contributed by atoms with Crippen molar-refractivity contribution in [2.45, 2.75) is 31.7 Å². The number of aldehydes is 1. The summed E-state index contributed by atoms with van der Waals surface area (Å²) < 4.78 is 0. The van der Waals surface area contributed by atoms with Crippen LogP contribution in [0.3, 0.4) is 0 Å². The zero-order valence-corrected chi connectivity index (χ0v) is 8.69. The normalized spacial score (nSPS) is 17.1. The third-order valence-electron chi connectivity index (χ3n) is 2.25. The van der Waals surface area contributed by atoms with Crippen LogP contribution in [0, 0.1) is 0 Å². The summed E-state index contributed by atoms with van der Waals surface area (Å²) in [4.78, 5) is 22.0. The van der Waals surface area contributed by atoms with Gasteiger partial charge in [-0.15, -0.1) is 0 Å². The summed E-state index contributed by atoms with van der Waals surface area (Å²) in [6.45, 7) is 0.633. The van der Waals surface area contributed by atoms with Gasteiger partial charge in [0.25, 0.3) is 0 Å². The van der Waals surface area contributed by atoms with Crippen molar-refractivity contribution in [3.8, 4) is 0 Å². The second-order valence-electron chi connectivity index (χ2n) is 3.51. The Morgan fingerprint density at radius 1 is 1.60 bits per heavy atom. The first-order valence-electron chi connectivity index (χ1n) is 5.18. The lowest BCUT2D eigenvalue weighted by molar-refractivity contribution is -0.130. The first-order valence-corrected chi connectivity index (χ1v) is 5.18. The lowest BCUT2D eigenvalue weighted by Gasteiger charge is -2.20. The highest BCUT2D eigenvalue weighted by atomic mass is 16.2. The SMILES string of the molecule is NCCCC[C@@H](C=O)NN1C=CCC1=O. The van der Waals surface area contributed by atoms with Gasteiger partial charge in [-0.05, 0) is 19.4 Å². The molecule has 1 atom stereocenters. The van der Waals surface area contributed by atoms with Crippen LogP contribution in [0.25, 0.3) is 0 Å². The summed E-state index contributed by atoms with van der Waals surface area (Å²) in [5.74, 6) is -0.0272. The Labute approximate surface area is 89.3 Å². The van der Waals surface area contributed by atoms with E-state index < -0.39 is 0 Å². The van der Waals surface area contributed by atoms with Crippen molar-refractivity contribution in [1.82, 2.24) is 10.4 Å². The number of amides is 1. The van der Waals surface area contributed by atoms with Crippen LogP contribution in [0.5, 0.6) is 0 Å². The van der Waals surface area contributed by atoms with E-state index >= 15 is 0 Å². The van der Waals surface area contributed by atoms with Crippen LogP contribution in [0.15, 0.2) is 12.3 Å². The molecule has 15 heavy (non-hydrogen) atoms. The standard InChI is InChI=1S/C10H17N3O2/c11-6-2-1-4-9(8-14)12-13-7-3-5-10(13)15/h3,7-9,12H,1-2,4-6,11H2/t9-/m0/s1. The molecule has 0 aromatic heterocycles. The molecule has 0 spiro atoms. The minimum Gasteiger partial charge on any atom is -0.330 e. The molecule has 0 bridgehead atoms. The second-order valence-corrected chi connectivity index (χ2v) is 3.51. The van der Waals surface area contributed by atoms with Gasteiger partial charge in [-0.25, -0.2) is 5.43 Å². The van der Waals surface area contributed by atoms with Gasteiger partial charge in [0.05, 0.1) is 6.04 Å². The molecule has 1 aliphatic heterocycles. The van der Waals surface area contributed by atoms with Gasteiger partial charge >= 0.3 is 0 Å². The van der Waals surface area contributed by atoms with Gasteiger partial charge in [-0.2, -0.15) is 0 Å². The molecule has 0 aromatic rings. The maximum Gasteiger partial charge on any atom is 0.244 e. The predicted molar refractivity (Wildman–Crippen MR) is 56.5 cm³/mol. The topological polar surface area (TPSA) is 75.4 Å². The van der Waals surface area contributed by atoms with Gasteiger partial charge in [0.1, 0.15) is 6.29 Å². The van der Waals surface area contributed by atoms with E-state index in [0.717, 1.165) is 19.1 Å². The van der Waals surface area contributed by atoms with E-state index in [4.69, 9.17) is 5.73 Å². The Morgan fingerprint density at radius 2 is 2.40 bits per heavy atom. The number of hydrogen-bond donors (Lipinski definition) is 2. The Bertz CT molecular complexity index is 253. The van der Waals surface area contributed by atoms with E-state index in [1.165, 1.54) is 5.01 Å². The number of carbonyl (C=O) groups excluding carboxylic acids is 2. The minimum atomic E-state index is -0.303. The fraction of sp³-hybridized carbons (Fsp3) is 0.600. The predicted octanol–water partition coefficient (Wildman–Crippen LogP) is -0.0665. The smallest absolute Gasteiger partial charge is 0.244 e. The number of nitrogens with one attached hydrogen (secondary N) is 1. The van der Waals surface area contributed by atoms with Crippen LogP contribution >= 0.6 is 0 Å². The summed E-state index contributed by atoms with van der Waals surface area (Å²) in [5.41, 5.74) is 8.22. The largest absolute Gasteiger partial charge is 0.330 e. The van der Waals surface area contributed by atoms with Gasteiger partial charge in [0.2, 0.25) is 5.91 Å². The average Bonchev–Trinajstić information content (AvgIpc) is 2.63. The van der Waals surface area contributed by atoms with E-state index in [0.29, 0.717) is 19.4 Å². The van der Waals surface area contributed by atoms with Crippen molar-refractivity contribution < 1.29 is 9.59 Å². The molecule has 0 aliphatic carbocycles. The Balaban J connectivity index is 2.29. The molecule has 3 N–H and O–H groups in total. The number of rotatable bonds is 7. The lowest BCUT2D eigenvalue weighted by atomic mass is 10.1. The lowest BCUT2D eigenvalue weighted by Crippen LogP contribution is -2.44. The molecule has 1 aliphatic rings. The first-order chi connectivity index (χ1) is 7.27. The van der Waals surface area contributed by atoms with E-state index in [9.17, 15) is 9.59 Å². The Kier molecular flexibility index (Phi) is 5.00. The number of hydrogen-bond acceptors (Lipinski definition) is 4. The van der Waals surface area contributed by atoms with Crippen molar-refractivity contribution >= 4 is 12.2 Å². The van der Waals surface area contributed by atoms with E-state index in [-0.39, 0.29) is 11.9 Å². The third kappa shape index (κ3) is 3.81. The summed E-state index contributed by atoms with van der Waals surface area (Å²) in [6, 6.07) is -0.303. The van der Waals surface area contributed by atoms with Gasteiger partial charge in [-0.1, -0.05) is 12.5 Å². The highest BCUT2D eigenvalue weighted by Gasteiger charge is 2.18. The van der Waals surface area contributed by atoms with Crippen LogP contribution < -0.4 is 11.2 Å². The molecule has 1 rings (SSSR count). The molecule has 1 heterocycles. The third-order valence-corrected chi connectivity index (χ3v) is 2.25. The maximum atomic E-state index is 11.2. The van der Waals surface area contributed by atoms with Gasteiger partial charge < -0.3 is 10.5 Å². The monoisotopic (exact) mass is 211 g/mol. The van der Waals surface area contributed by atoms with Crippen LogP contribution in [-0.4, -0.2) is 29.8 Å². The number of carbonyl (C=O) groups is 2. The van der Waals surface area contributed by atoms with Crippen LogP contribution in [0.1, 0.15) is 25.7 Å². The molecular weight excluding hydrogens is 194 g/mol. The molecule has 0 fully saturated rings. The van der Waals surface area contributed by atoms with Crippen molar-refractivity contribution in [1.29, 1.82) is 0 Å². The summed E-state index contributed by atoms with van der Waals surface area (Å²) in [7, 11) is 0. The van der Waals surface area contributed by atoms with Crippen LogP contribution in [0.4, 0.5) is 0 Å². The van der Waals surface area contributed by atoms with Crippen molar-refractivity contribution in [3.05, 3.63) is 12.3 Å². The van der Waals surface area contributed by atoms with E-state index in [1.807, 2.05) is 0 Å². The molecule has 0 saturated carbocycles. The minimum absolute atomic E-state index is 0.0272. The molecule has 0 saturated heterocycles. The highest BCUT2D eigenvalue weighted by Crippen LogP contribution is 2.05. The molecule has 0 unspecified atom stereocenters. The molecule has 5 nitrogen and oxygen atoms in total. The highest BCUT2D eigenvalue weighted by molar-refractivity contribution is 5.81. The number of hydrazine groups is 1. The zero-order chi connectivity index (χ0) is 11.1. The van der Waals surface area contributed by atoms with E-state index in [2.05, 4.69) is 5.43 Å². The van der Waals surface area contributed by atoms with Crippen molar-refractivity contribution in [2.24, 2.45) is 5.73 Å². The second kappa shape index (κ2) is 6.31. The summed E-state index contributed by atoms with van der Waals surface area (Å²) >= 11 is 0. The van der Waals surface area contributed by atoms with Gasteiger partial charge in [0.15, 0.2) is 0 Å². The average molecular weight is 211 g/mol. The molecule has 5 heteroatoms. The maximum absolute atomic E-state index is 11.2. The number of nitrogens with two attached hydrogens (primary N) is 1. The Hall–Kier alpha value is -1.20. The fourth-order valence-electron chi connectivity index (χ4n) is 1.41. The molecule has 0 radical (unpaired) electrons. The molecular formula is C10H17N3O2. The van der Waals surface area contributed by atoms with Crippen molar-refractivity contribution in [3.63, 3.8) is 0 Å². The zero-order valence-electron chi connectivity index (χ0n) is 8.69. The molecule has 84 valence electrons. The molecule has 1 amide bonds. The number of unbranched alkanes of at least 4 members (excludes halogenated alkanes) is 1. The van der Waals surface area contributed by atoms with E-state index in [1.54, 1.807) is 12.3 Å². The van der Waals surface area contributed by atoms with Crippen LogP contribution in [-0.2, 0) is 9.59 Å². The van der Waals surface area contributed by atoms with Gasteiger partial charge in [-0.3, -0.25) is 9.80 Å². The summed E-state index contributed by atoms with van der Waals surface area (Å²) in [5, 5.41) is 1.38. The van der Waals surface area contributed by atoms with Crippen LogP contribution in [0.2, 0.25) is 0 Å². The van der Waals surface area contributed by atoms with Crippen molar-refractivity contribution in [2.75, 3.05) is 6.54 Å². The molecule has 0 aromatic carbocycles. The van der Waals surface area contributed by atoms with Gasteiger partial charge in [0, 0.05) is 12.6 Å². The summed E-state index contributed by atoms with van der Waals surface area (Å²) in [6.07, 6.45) is 7.14. The fourth-order valence-corrected chi connectivity index (χ4v) is 1.41. The quantitative estimate of drug-likeness (QED) is 0.456.